The van der Waals surface area contributed by atoms with Crippen molar-refractivity contribution in [2.24, 2.45) is 0 Å². The Balaban J connectivity index is 2.01. The van der Waals surface area contributed by atoms with Crippen molar-refractivity contribution in [3.63, 3.8) is 0 Å². The molecule has 1 spiro atoms. The maximum absolute atomic E-state index is 9.03. The second kappa shape index (κ2) is 4.38. The van der Waals surface area contributed by atoms with Gasteiger partial charge in [-0.1, -0.05) is 24.3 Å². The summed E-state index contributed by atoms with van der Waals surface area (Å²) in [6.07, 6.45) is 2.12. The van der Waals surface area contributed by atoms with Gasteiger partial charge in [-0.15, -0.1) is 0 Å². The molecule has 0 aliphatic carbocycles. The lowest BCUT2D eigenvalue weighted by Gasteiger charge is -2.36. The Morgan fingerprint density at radius 2 is 2.24 bits per heavy atom. The van der Waals surface area contributed by atoms with Gasteiger partial charge in [0.15, 0.2) is 0 Å². The highest BCUT2D eigenvalue weighted by Crippen LogP contribution is 2.46. The molecular formula is C13H16O4. The van der Waals surface area contributed by atoms with Crippen molar-refractivity contribution in [1.82, 2.24) is 0 Å². The topological polar surface area (TPSA) is 47.9 Å². The summed E-state index contributed by atoms with van der Waals surface area (Å²) >= 11 is 0. The Labute approximate surface area is 100 Å². The fourth-order valence-electron chi connectivity index (χ4n) is 2.57. The molecule has 1 N–H and O–H groups in total. The van der Waals surface area contributed by atoms with Gasteiger partial charge in [0.1, 0.15) is 6.10 Å². The van der Waals surface area contributed by atoms with Gasteiger partial charge in [0.25, 0.3) is 0 Å². The molecule has 0 amide bonds. The summed E-state index contributed by atoms with van der Waals surface area (Å²) in [5.41, 5.74) is 2.11. The van der Waals surface area contributed by atoms with Gasteiger partial charge in [0.05, 0.1) is 6.61 Å². The van der Waals surface area contributed by atoms with Crippen LogP contribution in [0.4, 0.5) is 0 Å². The van der Waals surface area contributed by atoms with Gasteiger partial charge >= 0.3 is 0 Å². The molecule has 1 aromatic rings. The molecule has 2 atom stereocenters. The Hall–Kier alpha value is -0.940. The third-order valence-electron chi connectivity index (χ3n) is 3.39. The summed E-state index contributed by atoms with van der Waals surface area (Å²) in [7, 11) is 0. The molecule has 92 valence electrons. The lowest BCUT2D eigenvalue weighted by Crippen LogP contribution is -2.35. The first-order chi connectivity index (χ1) is 8.36. The van der Waals surface area contributed by atoms with Crippen LogP contribution in [0.1, 0.15) is 36.5 Å². The zero-order valence-corrected chi connectivity index (χ0v) is 9.59. The third kappa shape index (κ3) is 1.77. The number of hydrogen-bond acceptors (Lipinski definition) is 4. The maximum Gasteiger partial charge on any atom is 0.228 e. The van der Waals surface area contributed by atoms with E-state index < -0.39 is 5.79 Å². The summed E-state index contributed by atoms with van der Waals surface area (Å²) in [6.45, 7) is 0.776. The van der Waals surface area contributed by atoms with Crippen molar-refractivity contribution in [1.29, 1.82) is 0 Å². The molecule has 1 fully saturated rings. The van der Waals surface area contributed by atoms with Crippen molar-refractivity contribution < 1.29 is 19.6 Å². The zero-order chi connectivity index (χ0) is 11.7. The number of aliphatic hydroxyl groups is 1. The number of benzene rings is 1. The van der Waals surface area contributed by atoms with Gasteiger partial charge in [0.2, 0.25) is 5.79 Å². The van der Waals surface area contributed by atoms with E-state index in [2.05, 4.69) is 0 Å². The highest BCUT2D eigenvalue weighted by molar-refractivity contribution is 5.34. The second-order valence-corrected chi connectivity index (χ2v) is 4.47. The van der Waals surface area contributed by atoms with Crippen LogP contribution in [-0.2, 0) is 20.3 Å². The van der Waals surface area contributed by atoms with E-state index in [1.54, 1.807) is 0 Å². The van der Waals surface area contributed by atoms with E-state index in [1.165, 1.54) is 0 Å². The van der Waals surface area contributed by atoms with Crippen molar-refractivity contribution >= 4 is 0 Å². The van der Waals surface area contributed by atoms with Crippen LogP contribution in [0.2, 0.25) is 0 Å². The first-order valence-electron chi connectivity index (χ1n) is 6.04. The van der Waals surface area contributed by atoms with Crippen LogP contribution in [0, 0.1) is 0 Å². The minimum atomic E-state index is -0.720. The molecule has 2 unspecified atom stereocenters. The summed E-state index contributed by atoms with van der Waals surface area (Å²) in [5, 5.41) is 9.03. The standard InChI is InChI=1S/C13H16O4/c14-8-6-12-10-4-1-2-5-11(10)13(17-16-12)7-3-9-15-13/h1-2,4-5,12,14H,3,6-9H2. The lowest BCUT2D eigenvalue weighted by molar-refractivity contribution is -0.458. The highest BCUT2D eigenvalue weighted by Gasteiger charge is 2.46. The first kappa shape index (κ1) is 11.2. The van der Waals surface area contributed by atoms with Gasteiger partial charge in [-0.25, -0.2) is 4.89 Å². The minimum Gasteiger partial charge on any atom is -0.396 e. The predicted octanol–water partition coefficient (Wildman–Crippen LogP) is 2.04. The largest absolute Gasteiger partial charge is 0.396 e. The number of rotatable bonds is 2. The smallest absolute Gasteiger partial charge is 0.228 e. The van der Waals surface area contributed by atoms with E-state index in [0.717, 1.165) is 24.0 Å². The van der Waals surface area contributed by atoms with Crippen molar-refractivity contribution in [2.75, 3.05) is 13.2 Å². The number of fused-ring (bicyclic) bond motifs is 2. The molecule has 2 aliphatic heterocycles. The van der Waals surface area contributed by atoms with Crippen LogP contribution >= 0.6 is 0 Å². The predicted molar refractivity (Wildman–Crippen MR) is 59.9 cm³/mol. The quantitative estimate of drug-likeness (QED) is 0.798. The Bertz CT molecular complexity index is 398. The van der Waals surface area contributed by atoms with Gasteiger partial charge < -0.3 is 9.84 Å². The molecule has 0 saturated carbocycles. The number of ether oxygens (including phenoxy) is 1. The van der Waals surface area contributed by atoms with E-state index in [0.29, 0.717) is 13.0 Å². The molecule has 4 heteroatoms. The van der Waals surface area contributed by atoms with Crippen molar-refractivity contribution in [3.8, 4) is 0 Å². The van der Waals surface area contributed by atoms with Crippen LogP contribution in [0.3, 0.4) is 0 Å². The Morgan fingerprint density at radius 1 is 1.35 bits per heavy atom. The molecule has 1 aromatic carbocycles. The highest BCUT2D eigenvalue weighted by atomic mass is 17.2. The van der Waals surface area contributed by atoms with Gasteiger partial charge in [0, 0.05) is 25.0 Å². The zero-order valence-electron chi connectivity index (χ0n) is 9.59. The van der Waals surface area contributed by atoms with Crippen LogP contribution in [0.25, 0.3) is 0 Å². The normalized spacial score (nSPS) is 31.7. The maximum atomic E-state index is 9.03. The van der Waals surface area contributed by atoms with Crippen LogP contribution < -0.4 is 0 Å². The molecule has 4 nitrogen and oxygen atoms in total. The average Bonchev–Trinajstić information content (AvgIpc) is 2.83. The molecule has 0 aromatic heterocycles. The molecule has 3 rings (SSSR count). The average molecular weight is 236 g/mol. The third-order valence-corrected chi connectivity index (χ3v) is 3.39. The van der Waals surface area contributed by atoms with E-state index in [1.807, 2.05) is 24.3 Å². The summed E-state index contributed by atoms with van der Waals surface area (Å²) < 4.78 is 5.72. The molecule has 2 heterocycles. The Morgan fingerprint density at radius 3 is 3.00 bits per heavy atom. The molecule has 0 radical (unpaired) electrons. The lowest BCUT2D eigenvalue weighted by atomic mass is 9.92. The fourth-order valence-corrected chi connectivity index (χ4v) is 2.57. The Kier molecular flexibility index (Phi) is 2.88. The van der Waals surface area contributed by atoms with E-state index in [9.17, 15) is 0 Å². The fraction of sp³-hybridized carbons (Fsp3) is 0.538. The van der Waals surface area contributed by atoms with Gasteiger partial charge in [-0.3, -0.25) is 0 Å². The number of hydrogen-bond donors (Lipinski definition) is 1. The molecule has 17 heavy (non-hydrogen) atoms. The summed E-state index contributed by atoms with van der Waals surface area (Å²) in [6, 6.07) is 7.99. The second-order valence-electron chi connectivity index (χ2n) is 4.47. The van der Waals surface area contributed by atoms with Crippen LogP contribution in [-0.4, -0.2) is 18.3 Å². The minimum absolute atomic E-state index is 0.0796. The van der Waals surface area contributed by atoms with Crippen molar-refractivity contribution in [2.45, 2.75) is 31.2 Å². The molecular weight excluding hydrogens is 220 g/mol. The monoisotopic (exact) mass is 236 g/mol. The van der Waals surface area contributed by atoms with Crippen molar-refractivity contribution in [3.05, 3.63) is 35.4 Å². The molecule has 0 bridgehead atoms. The van der Waals surface area contributed by atoms with Crippen LogP contribution in [0.5, 0.6) is 0 Å². The van der Waals surface area contributed by atoms with Gasteiger partial charge in [-0.05, 0) is 12.0 Å². The van der Waals surface area contributed by atoms with Crippen LogP contribution in [0.15, 0.2) is 24.3 Å². The summed E-state index contributed by atoms with van der Waals surface area (Å²) in [5.74, 6) is -0.720. The van der Waals surface area contributed by atoms with E-state index in [4.69, 9.17) is 19.6 Å². The van der Waals surface area contributed by atoms with E-state index in [-0.39, 0.29) is 12.7 Å². The van der Waals surface area contributed by atoms with E-state index >= 15 is 0 Å². The van der Waals surface area contributed by atoms with Gasteiger partial charge in [-0.2, -0.15) is 4.89 Å². The molecule has 2 aliphatic rings. The SMILES string of the molecule is OCCC1OOC2(CCCO2)c2ccccc21. The first-order valence-corrected chi connectivity index (χ1v) is 6.04. The summed E-state index contributed by atoms with van der Waals surface area (Å²) in [4.78, 5) is 10.9. The number of aliphatic hydroxyl groups excluding tert-OH is 1. The molecule has 1 saturated heterocycles.